The van der Waals surface area contributed by atoms with Crippen LogP contribution in [0, 0.1) is 5.41 Å². The van der Waals surface area contributed by atoms with E-state index in [4.69, 9.17) is 5.11 Å². The molecule has 0 rings (SSSR count). The third-order valence-electron chi connectivity index (χ3n) is 2.56. The minimum Gasteiger partial charge on any atom is -0.481 e. The molecule has 90 valence electrons. The Hall–Kier alpha value is -0.610. The maximum atomic E-state index is 10.3. The van der Waals surface area contributed by atoms with Gasteiger partial charge in [0.05, 0.1) is 6.42 Å². The number of aliphatic hydroxyl groups is 2. The van der Waals surface area contributed by atoms with Crippen LogP contribution < -0.4 is 0 Å². The molecule has 0 aromatic rings. The Morgan fingerprint density at radius 1 is 1.13 bits per heavy atom. The zero-order valence-corrected chi connectivity index (χ0v) is 9.79. The molecule has 0 aliphatic heterocycles. The first-order chi connectivity index (χ1) is 6.68. The lowest BCUT2D eigenvalue weighted by molar-refractivity contribution is -0.187. The van der Waals surface area contributed by atoms with Gasteiger partial charge in [-0.3, -0.25) is 4.79 Å². The van der Waals surface area contributed by atoms with Crippen molar-refractivity contribution in [1.82, 2.24) is 0 Å². The molecule has 0 saturated carbocycles. The van der Waals surface area contributed by atoms with Gasteiger partial charge in [0.15, 0.2) is 5.79 Å². The molecular formula is C11H22O4. The molecule has 0 bridgehead atoms. The summed E-state index contributed by atoms with van der Waals surface area (Å²) in [5.41, 5.74) is 0.0317. The number of hydrogen-bond donors (Lipinski definition) is 3. The zero-order valence-electron chi connectivity index (χ0n) is 9.79. The second-order valence-electron chi connectivity index (χ2n) is 4.97. The molecule has 0 heterocycles. The van der Waals surface area contributed by atoms with Crippen molar-refractivity contribution in [2.75, 3.05) is 0 Å². The Bertz CT molecular complexity index is 209. The van der Waals surface area contributed by atoms with Crippen molar-refractivity contribution in [2.24, 2.45) is 5.41 Å². The fourth-order valence-corrected chi connectivity index (χ4v) is 1.67. The highest BCUT2D eigenvalue weighted by atomic mass is 16.5. The summed E-state index contributed by atoms with van der Waals surface area (Å²) in [6.45, 7) is 6.17. The van der Waals surface area contributed by atoms with Gasteiger partial charge in [0.1, 0.15) is 0 Å². The van der Waals surface area contributed by atoms with Gasteiger partial charge in [-0.25, -0.2) is 0 Å². The summed E-state index contributed by atoms with van der Waals surface area (Å²) in [5.74, 6) is -3.26. The number of aliphatic carboxylic acids is 1. The third-order valence-corrected chi connectivity index (χ3v) is 2.56. The monoisotopic (exact) mass is 218 g/mol. The number of carbonyl (C=O) groups is 1. The van der Waals surface area contributed by atoms with Crippen LogP contribution in [0.5, 0.6) is 0 Å². The van der Waals surface area contributed by atoms with E-state index in [1.54, 1.807) is 0 Å². The highest BCUT2D eigenvalue weighted by Gasteiger charge is 2.29. The maximum Gasteiger partial charge on any atom is 0.308 e. The quantitative estimate of drug-likeness (QED) is 0.569. The van der Waals surface area contributed by atoms with E-state index in [2.05, 4.69) is 6.92 Å². The Labute approximate surface area is 90.9 Å². The molecule has 0 aromatic carbocycles. The predicted molar refractivity (Wildman–Crippen MR) is 57.3 cm³/mol. The Morgan fingerprint density at radius 2 is 1.67 bits per heavy atom. The Balaban J connectivity index is 4.07. The van der Waals surface area contributed by atoms with Crippen molar-refractivity contribution in [3.63, 3.8) is 0 Å². The lowest BCUT2D eigenvalue weighted by Gasteiger charge is -2.28. The van der Waals surface area contributed by atoms with Gasteiger partial charge in [-0.05, 0) is 18.3 Å². The first-order valence-electron chi connectivity index (χ1n) is 5.35. The van der Waals surface area contributed by atoms with Crippen LogP contribution in [0.15, 0.2) is 0 Å². The van der Waals surface area contributed by atoms with E-state index in [1.165, 1.54) is 0 Å². The largest absolute Gasteiger partial charge is 0.481 e. The summed E-state index contributed by atoms with van der Waals surface area (Å²) in [6, 6.07) is 0. The summed E-state index contributed by atoms with van der Waals surface area (Å²) in [4.78, 5) is 10.3. The van der Waals surface area contributed by atoms with Crippen LogP contribution in [-0.2, 0) is 4.79 Å². The van der Waals surface area contributed by atoms with Gasteiger partial charge in [0.2, 0.25) is 0 Å². The van der Waals surface area contributed by atoms with E-state index in [-0.39, 0.29) is 11.8 Å². The summed E-state index contributed by atoms with van der Waals surface area (Å²) < 4.78 is 0. The topological polar surface area (TPSA) is 77.8 Å². The Morgan fingerprint density at radius 3 is 2.07 bits per heavy atom. The standard InChI is InChI=1S/C11H22O4/c1-4-5-10(2,3)6-7-11(14,15)8-9(12)13/h14-15H,4-8H2,1-3H3,(H,12,13). The van der Waals surface area contributed by atoms with E-state index in [0.29, 0.717) is 6.42 Å². The SMILES string of the molecule is CCCC(C)(C)CCC(O)(O)CC(=O)O. The second-order valence-corrected chi connectivity index (χ2v) is 4.97. The zero-order chi connectivity index (χ0) is 12.1. The van der Waals surface area contributed by atoms with Crippen molar-refractivity contribution in [1.29, 1.82) is 0 Å². The average Bonchev–Trinajstić information content (AvgIpc) is 1.99. The van der Waals surface area contributed by atoms with Crippen molar-refractivity contribution in [3.8, 4) is 0 Å². The van der Waals surface area contributed by atoms with Gasteiger partial charge in [0.25, 0.3) is 0 Å². The summed E-state index contributed by atoms with van der Waals surface area (Å²) >= 11 is 0. The number of rotatable bonds is 7. The molecule has 0 atom stereocenters. The van der Waals surface area contributed by atoms with Gasteiger partial charge >= 0.3 is 5.97 Å². The van der Waals surface area contributed by atoms with Crippen LogP contribution in [0.4, 0.5) is 0 Å². The molecule has 4 heteroatoms. The Kier molecular flexibility index (Phi) is 5.24. The molecule has 15 heavy (non-hydrogen) atoms. The third kappa shape index (κ3) is 7.33. The lowest BCUT2D eigenvalue weighted by Crippen LogP contribution is -2.32. The molecule has 0 radical (unpaired) electrons. The smallest absolute Gasteiger partial charge is 0.308 e. The van der Waals surface area contributed by atoms with Crippen LogP contribution in [-0.4, -0.2) is 27.1 Å². The molecule has 0 aliphatic rings. The number of hydrogen-bond acceptors (Lipinski definition) is 3. The first-order valence-corrected chi connectivity index (χ1v) is 5.35. The molecule has 0 aromatic heterocycles. The van der Waals surface area contributed by atoms with E-state index in [9.17, 15) is 15.0 Å². The van der Waals surface area contributed by atoms with Crippen LogP contribution in [0.1, 0.15) is 52.9 Å². The molecule has 3 N–H and O–H groups in total. The molecule has 0 fully saturated rings. The molecule has 0 amide bonds. The highest BCUT2D eigenvalue weighted by Crippen LogP contribution is 2.31. The van der Waals surface area contributed by atoms with Gasteiger partial charge in [-0.2, -0.15) is 0 Å². The van der Waals surface area contributed by atoms with Gasteiger partial charge < -0.3 is 15.3 Å². The summed E-state index contributed by atoms with van der Waals surface area (Å²) in [6.07, 6.45) is 2.13. The minimum atomic E-state index is -2.07. The number of carboxylic acids is 1. The normalized spacial score (nSPS) is 12.9. The fourth-order valence-electron chi connectivity index (χ4n) is 1.67. The lowest BCUT2D eigenvalue weighted by atomic mass is 9.82. The van der Waals surface area contributed by atoms with Gasteiger partial charge in [0, 0.05) is 6.42 Å². The van der Waals surface area contributed by atoms with E-state index >= 15 is 0 Å². The fraction of sp³-hybridized carbons (Fsp3) is 0.909. The maximum absolute atomic E-state index is 10.3. The molecule has 0 saturated heterocycles. The van der Waals surface area contributed by atoms with E-state index in [0.717, 1.165) is 12.8 Å². The van der Waals surface area contributed by atoms with Gasteiger partial charge in [-0.1, -0.05) is 27.2 Å². The number of carboxylic acid groups (broad SMARTS) is 1. The highest BCUT2D eigenvalue weighted by molar-refractivity contribution is 5.67. The summed E-state index contributed by atoms with van der Waals surface area (Å²) in [7, 11) is 0. The van der Waals surface area contributed by atoms with Crippen LogP contribution >= 0.6 is 0 Å². The molecular weight excluding hydrogens is 196 g/mol. The van der Waals surface area contributed by atoms with Crippen molar-refractivity contribution in [3.05, 3.63) is 0 Å². The van der Waals surface area contributed by atoms with Crippen molar-refractivity contribution in [2.45, 2.75) is 58.7 Å². The first kappa shape index (κ1) is 14.4. The van der Waals surface area contributed by atoms with Gasteiger partial charge in [-0.15, -0.1) is 0 Å². The van der Waals surface area contributed by atoms with Crippen molar-refractivity contribution < 1.29 is 20.1 Å². The summed E-state index contributed by atoms with van der Waals surface area (Å²) in [5, 5.41) is 27.2. The van der Waals surface area contributed by atoms with E-state index < -0.39 is 18.2 Å². The molecule has 0 spiro atoms. The molecule has 0 aliphatic carbocycles. The minimum absolute atomic E-state index is 0.0317. The van der Waals surface area contributed by atoms with Crippen LogP contribution in [0.25, 0.3) is 0 Å². The average molecular weight is 218 g/mol. The second kappa shape index (κ2) is 5.47. The van der Waals surface area contributed by atoms with Crippen LogP contribution in [0.2, 0.25) is 0 Å². The molecule has 4 nitrogen and oxygen atoms in total. The van der Waals surface area contributed by atoms with E-state index in [1.807, 2.05) is 13.8 Å². The van der Waals surface area contributed by atoms with Crippen LogP contribution in [0.3, 0.4) is 0 Å². The molecule has 0 unspecified atom stereocenters. The van der Waals surface area contributed by atoms with Crippen molar-refractivity contribution >= 4 is 5.97 Å². The predicted octanol–water partition coefficient (Wildman–Crippen LogP) is 1.75.